The Labute approximate surface area is 142 Å². The number of ether oxygens (including phenoxy) is 1. The van der Waals surface area contributed by atoms with E-state index in [0.717, 1.165) is 18.7 Å². The third-order valence-corrected chi connectivity index (χ3v) is 4.10. The number of aliphatic hydroxyl groups is 1. The number of rotatable bonds is 5. The Bertz CT molecular complexity index is 647. The molecule has 0 unspecified atom stereocenters. The highest BCUT2D eigenvalue weighted by Crippen LogP contribution is 2.14. The Kier molecular flexibility index (Phi) is 5.23. The molecule has 0 spiro atoms. The van der Waals surface area contributed by atoms with Gasteiger partial charge in [0.1, 0.15) is 0 Å². The summed E-state index contributed by atoms with van der Waals surface area (Å²) in [7, 11) is 0. The SMILES string of the molecule is Cc1ccc(-c2nnn(C[C@H](O)CN3C[C@@H](C)O[C@@H](C)C3)n2)cc1. The molecule has 7 heteroatoms. The van der Waals surface area contributed by atoms with Crippen LogP contribution in [-0.4, -0.2) is 68.2 Å². The topological polar surface area (TPSA) is 76.3 Å². The molecule has 7 nitrogen and oxygen atoms in total. The second kappa shape index (κ2) is 7.38. The van der Waals surface area contributed by atoms with Crippen LogP contribution in [0.25, 0.3) is 11.4 Å². The van der Waals surface area contributed by atoms with Crippen molar-refractivity contribution in [3.05, 3.63) is 29.8 Å². The summed E-state index contributed by atoms with van der Waals surface area (Å²) in [5.41, 5.74) is 2.12. The first-order chi connectivity index (χ1) is 11.5. The lowest BCUT2D eigenvalue weighted by Crippen LogP contribution is -2.48. The summed E-state index contributed by atoms with van der Waals surface area (Å²) in [5, 5.41) is 22.8. The van der Waals surface area contributed by atoms with Crippen molar-refractivity contribution in [2.75, 3.05) is 19.6 Å². The van der Waals surface area contributed by atoms with Gasteiger partial charge >= 0.3 is 0 Å². The maximum absolute atomic E-state index is 10.3. The van der Waals surface area contributed by atoms with Crippen LogP contribution in [0.1, 0.15) is 19.4 Å². The van der Waals surface area contributed by atoms with Crippen LogP contribution in [0.5, 0.6) is 0 Å². The fourth-order valence-corrected chi connectivity index (χ4v) is 3.12. The Morgan fingerprint density at radius 1 is 1.17 bits per heavy atom. The average Bonchev–Trinajstić information content (AvgIpc) is 2.95. The molecule has 130 valence electrons. The van der Waals surface area contributed by atoms with Gasteiger partial charge in [0.15, 0.2) is 0 Å². The Hall–Kier alpha value is -1.83. The summed E-state index contributed by atoms with van der Waals surface area (Å²) in [4.78, 5) is 3.69. The number of morpholine rings is 1. The molecule has 3 rings (SSSR count). The van der Waals surface area contributed by atoms with Crippen molar-refractivity contribution in [3.63, 3.8) is 0 Å². The molecular formula is C17H25N5O2. The number of β-amino-alcohol motifs (C(OH)–C–C–N with tert-alkyl or cyclic N) is 1. The van der Waals surface area contributed by atoms with E-state index >= 15 is 0 Å². The first-order valence-electron chi connectivity index (χ1n) is 8.40. The summed E-state index contributed by atoms with van der Waals surface area (Å²) >= 11 is 0. The average molecular weight is 331 g/mol. The standard InChI is InChI=1S/C17H25N5O2/c1-12-4-6-15(7-5-12)17-18-20-22(19-17)11-16(23)10-21-8-13(2)24-14(3)9-21/h4-7,13-14,16,23H,8-11H2,1-3H3/t13-,14+,16-/m1/s1. The van der Waals surface area contributed by atoms with E-state index in [-0.39, 0.29) is 12.2 Å². The van der Waals surface area contributed by atoms with Crippen LogP contribution in [-0.2, 0) is 11.3 Å². The Balaban J connectivity index is 1.57. The van der Waals surface area contributed by atoms with Crippen molar-refractivity contribution in [1.29, 1.82) is 0 Å². The van der Waals surface area contributed by atoms with E-state index < -0.39 is 6.10 Å². The van der Waals surface area contributed by atoms with Crippen molar-refractivity contribution in [2.24, 2.45) is 0 Å². The van der Waals surface area contributed by atoms with E-state index in [1.807, 2.05) is 31.2 Å². The quantitative estimate of drug-likeness (QED) is 0.885. The molecule has 2 heterocycles. The van der Waals surface area contributed by atoms with Crippen LogP contribution in [0.2, 0.25) is 0 Å². The number of hydrogen-bond donors (Lipinski definition) is 1. The Morgan fingerprint density at radius 2 is 1.83 bits per heavy atom. The van der Waals surface area contributed by atoms with Crippen molar-refractivity contribution >= 4 is 0 Å². The molecule has 0 aliphatic carbocycles. The van der Waals surface area contributed by atoms with E-state index in [1.54, 1.807) is 0 Å². The van der Waals surface area contributed by atoms with Gasteiger partial charge in [-0.25, -0.2) is 0 Å². The molecule has 24 heavy (non-hydrogen) atoms. The van der Waals surface area contributed by atoms with Gasteiger partial charge in [-0.15, -0.1) is 10.2 Å². The minimum atomic E-state index is -0.539. The van der Waals surface area contributed by atoms with E-state index in [4.69, 9.17) is 4.74 Å². The van der Waals surface area contributed by atoms with Crippen LogP contribution >= 0.6 is 0 Å². The number of aromatic nitrogens is 4. The minimum Gasteiger partial charge on any atom is -0.390 e. The molecule has 0 amide bonds. The summed E-state index contributed by atoms with van der Waals surface area (Å²) in [5.74, 6) is 0.579. The first-order valence-corrected chi connectivity index (χ1v) is 8.40. The van der Waals surface area contributed by atoms with Gasteiger partial charge in [-0.2, -0.15) is 4.80 Å². The monoisotopic (exact) mass is 331 g/mol. The molecule has 1 saturated heterocycles. The molecule has 1 N–H and O–H groups in total. The number of aryl methyl sites for hydroxylation is 1. The molecule has 3 atom stereocenters. The molecular weight excluding hydrogens is 306 g/mol. The highest BCUT2D eigenvalue weighted by molar-refractivity contribution is 5.53. The fraction of sp³-hybridized carbons (Fsp3) is 0.588. The van der Waals surface area contributed by atoms with Crippen LogP contribution in [0, 0.1) is 6.92 Å². The van der Waals surface area contributed by atoms with Crippen LogP contribution < -0.4 is 0 Å². The zero-order valence-electron chi connectivity index (χ0n) is 14.5. The van der Waals surface area contributed by atoms with Gasteiger partial charge in [0, 0.05) is 25.2 Å². The van der Waals surface area contributed by atoms with Crippen molar-refractivity contribution in [3.8, 4) is 11.4 Å². The summed E-state index contributed by atoms with van der Waals surface area (Å²) in [6, 6.07) is 7.99. The molecule has 0 saturated carbocycles. The van der Waals surface area contributed by atoms with Gasteiger partial charge in [-0.1, -0.05) is 29.8 Å². The third-order valence-electron chi connectivity index (χ3n) is 4.10. The van der Waals surface area contributed by atoms with Gasteiger partial charge in [-0.05, 0) is 26.0 Å². The van der Waals surface area contributed by atoms with Gasteiger partial charge in [-0.3, -0.25) is 4.90 Å². The largest absolute Gasteiger partial charge is 0.390 e. The number of tetrazole rings is 1. The van der Waals surface area contributed by atoms with E-state index in [0.29, 0.717) is 18.9 Å². The second-order valence-electron chi connectivity index (χ2n) is 6.66. The van der Waals surface area contributed by atoms with E-state index in [9.17, 15) is 5.11 Å². The smallest absolute Gasteiger partial charge is 0.204 e. The minimum absolute atomic E-state index is 0.193. The maximum Gasteiger partial charge on any atom is 0.204 e. The van der Waals surface area contributed by atoms with E-state index in [1.165, 1.54) is 10.4 Å². The lowest BCUT2D eigenvalue weighted by atomic mass is 10.1. The van der Waals surface area contributed by atoms with Crippen LogP contribution in [0.4, 0.5) is 0 Å². The summed E-state index contributed by atoms with van der Waals surface area (Å²) < 4.78 is 5.71. The Morgan fingerprint density at radius 3 is 2.50 bits per heavy atom. The number of aliphatic hydroxyl groups excluding tert-OH is 1. The van der Waals surface area contributed by atoms with Gasteiger partial charge in [0.25, 0.3) is 0 Å². The molecule has 1 aromatic carbocycles. The second-order valence-corrected chi connectivity index (χ2v) is 6.66. The number of hydrogen-bond acceptors (Lipinski definition) is 6. The fourth-order valence-electron chi connectivity index (χ4n) is 3.12. The van der Waals surface area contributed by atoms with Crippen molar-refractivity contribution < 1.29 is 9.84 Å². The highest BCUT2D eigenvalue weighted by Gasteiger charge is 2.24. The number of benzene rings is 1. The van der Waals surface area contributed by atoms with Gasteiger partial charge in [0.05, 0.1) is 24.9 Å². The predicted molar refractivity (Wildman–Crippen MR) is 90.4 cm³/mol. The zero-order valence-corrected chi connectivity index (χ0v) is 14.5. The first kappa shape index (κ1) is 17.0. The zero-order chi connectivity index (χ0) is 17.1. The molecule has 0 radical (unpaired) electrons. The molecule has 1 aromatic heterocycles. The molecule has 1 aliphatic rings. The highest BCUT2D eigenvalue weighted by atomic mass is 16.5. The van der Waals surface area contributed by atoms with Crippen molar-refractivity contribution in [1.82, 2.24) is 25.1 Å². The predicted octanol–water partition coefficient (Wildman–Crippen LogP) is 1.12. The normalized spacial score (nSPS) is 23.3. The lowest BCUT2D eigenvalue weighted by Gasteiger charge is -2.36. The summed E-state index contributed by atoms with van der Waals surface area (Å²) in [6.45, 7) is 8.74. The lowest BCUT2D eigenvalue weighted by molar-refractivity contribution is -0.0776. The maximum atomic E-state index is 10.3. The molecule has 0 bridgehead atoms. The van der Waals surface area contributed by atoms with Crippen LogP contribution in [0.3, 0.4) is 0 Å². The molecule has 1 fully saturated rings. The van der Waals surface area contributed by atoms with Gasteiger partial charge in [0.2, 0.25) is 5.82 Å². The molecule has 1 aliphatic heterocycles. The van der Waals surface area contributed by atoms with Crippen molar-refractivity contribution in [2.45, 2.75) is 45.6 Å². The third kappa shape index (κ3) is 4.37. The number of nitrogens with zero attached hydrogens (tertiary/aromatic N) is 5. The molecule has 2 aromatic rings. The van der Waals surface area contributed by atoms with Crippen LogP contribution in [0.15, 0.2) is 24.3 Å². The summed E-state index contributed by atoms with van der Waals surface area (Å²) in [6.07, 6.45) is -0.153. The van der Waals surface area contributed by atoms with E-state index in [2.05, 4.69) is 34.2 Å². The van der Waals surface area contributed by atoms with Gasteiger partial charge < -0.3 is 9.84 Å².